The summed E-state index contributed by atoms with van der Waals surface area (Å²) in [5.74, 6) is 0.745. The molecule has 0 radical (unpaired) electrons. The Hall–Kier alpha value is -2.44. The van der Waals surface area contributed by atoms with Gasteiger partial charge in [-0.1, -0.05) is 0 Å². The number of amides is 1. The van der Waals surface area contributed by atoms with Crippen LogP contribution in [0.3, 0.4) is 0 Å². The van der Waals surface area contributed by atoms with Crippen molar-refractivity contribution < 1.29 is 28.9 Å². The number of hydrogen-bond donors (Lipinski definition) is 1. The van der Waals surface area contributed by atoms with Crippen LogP contribution in [0.15, 0.2) is 12.1 Å². The Balaban J connectivity index is 2.21. The molecule has 1 fully saturated rings. The molecule has 0 aliphatic carbocycles. The van der Waals surface area contributed by atoms with Crippen LogP contribution in [0.25, 0.3) is 0 Å². The topological polar surface area (TPSA) is 85.3 Å². The van der Waals surface area contributed by atoms with E-state index in [2.05, 4.69) is 0 Å². The summed E-state index contributed by atoms with van der Waals surface area (Å²) in [6.07, 6.45) is 1.56. The minimum Gasteiger partial charge on any atom is -0.490 e. The standard InChI is InChI=1S/C20H29NO6/c1-4-25-16-12-15(13-17(26-5-2)19(16)27-6-3)20(24)21-9-7-14(8-10-21)11-18(22)23/h12-14H,4-11H2,1-3H3,(H,22,23). The van der Waals surface area contributed by atoms with E-state index in [1.54, 1.807) is 17.0 Å². The Kier molecular flexibility index (Phi) is 7.76. The second-order valence-electron chi connectivity index (χ2n) is 6.43. The maximum absolute atomic E-state index is 13.0. The van der Waals surface area contributed by atoms with E-state index < -0.39 is 5.97 Å². The summed E-state index contributed by atoms with van der Waals surface area (Å²) in [7, 11) is 0. The number of rotatable bonds is 9. The number of benzene rings is 1. The molecule has 0 atom stereocenters. The molecule has 1 N–H and O–H groups in total. The number of piperidine rings is 1. The number of carboxylic acid groups (broad SMARTS) is 1. The Labute approximate surface area is 160 Å². The first kappa shape index (κ1) is 20.9. The first-order chi connectivity index (χ1) is 13.0. The quantitative estimate of drug-likeness (QED) is 0.709. The van der Waals surface area contributed by atoms with E-state index in [9.17, 15) is 9.59 Å². The van der Waals surface area contributed by atoms with Gasteiger partial charge in [0.2, 0.25) is 5.75 Å². The summed E-state index contributed by atoms with van der Waals surface area (Å²) >= 11 is 0. The Morgan fingerprint density at radius 1 is 1.00 bits per heavy atom. The minimum atomic E-state index is -0.783. The zero-order valence-electron chi connectivity index (χ0n) is 16.3. The molecule has 7 nitrogen and oxygen atoms in total. The molecule has 0 bridgehead atoms. The smallest absolute Gasteiger partial charge is 0.303 e. The Bertz CT molecular complexity index is 625. The summed E-state index contributed by atoms with van der Waals surface area (Å²) in [6.45, 7) is 8.09. The molecule has 2 rings (SSSR count). The highest BCUT2D eigenvalue weighted by atomic mass is 16.5. The van der Waals surface area contributed by atoms with E-state index in [1.807, 2.05) is 20.8 Å². The van der Waals surface area contributed by atoms with E-state index in [4.69, 9.17) is 19.3 Å². The number of carboxylic acids is 1. The molecular formula is C20H29NO6. The van der Waals surface area contributed by atoms with Gasteiger partial charge in [0.1, 0.15) is 0 Å². The molecule has 7 heteroatoms. The van der Waals surface area contributed by atoms with E-state index >= 15 is 0 Å². The predicted octanol–water partition coefficient (Wildman–Crippen LogP) is 3.21. The average Bonchev–Trinajstić information content (AvgIpc) is 2.64. The van der Waals surface area contributed by atoms with Crippen molar-refractivity contribution >= 4 is 11.9 Å². The molecule has 27 heavy (non-hydrogen) atoms. The van der Waals surface area contributed by atoms with Crippen molar-refractivity contribution in [2.75, 3.05) is 32.9 Å². The normalized spacial score (nSPS) is 14.7. The molecule has 0 unspecified atom stereocenters. The summed E-state index contributed by atoms with van der Waals surface area (Å²) in [4.78, 5) is 25.6. The molecule has 1 amide bonds. The lowest BCUT2D eigenvalue weighted by Crippen LogP contribution is -2.38. The summed E-state index contributed by atoms with van der Waals surface area (Å²) < 4.78 is 17.0. The predicted molar refractivity (Wildman–Crippen MR) is 101 cm³/mol. The fraction of sp³-hybridized carbons (Fsp3) is 0.600. The summed E-state index contributed by atoms with van der Waals surface area (Å²) in [6, 6.07) is 3.39. The van der Waals surface area contributed by atoms with Crippen LogP contribution in [0.5, 0.6) is 17.2 Å². The number of hydrogen-bond acceptors (Lipinski definition) is 5. The van der Waals surface area contributed by atoms with E-state index in [0.29, 0.717) is 68.6 Å². The zero-order valence-corrected chi connectivity index (χ0v) is 16.3. The maximum Gasteiger partial charge on any atom is 0.303 e. The lowest BCUT2D eigenvalue weighted by Gasteiger charge is -2.31. The van der Waals surface area contributed by atoms with Crippen molar-refractivity contribution in [1.82, 2.24) is 4.90 Å². The van der Waals surface area contributed by atoms with Crippen molar-refractivity contribution in [2.24, 2.45) is 5.92 Å². The number of carbonyl (C=O) groups excluding carboxylic acids is 1. The fourth-order valence-corrected chi connectivity index (χ4v) is 3.28. The van der Waals surface area contributed by atoms with Crippen molar-refractivity contribution in [3.8, 4) is 17.2 Å². The van der Waals surface area contributed by atoms with Crippen molar-refractivity contribution in [2.45, 2.75) is 40.0 Å². The van der Waals surface area contributed by atoms with Crippen LogP contribution in [0.4, 0.5) is 0 Å². The zero-order chi connectivity index (χ0) is 19.8. The van der Waals surface area contributed by atoms with Crippen molar-refractivity contribution in [1.29, 1.82) is 0 Å². The van der Waals surface area contributed by atoms with Crippen molar-refractivity contribution in [3.63, 3.8) is 0 Å². The SMILES string of the molecule is CCOc1cc(C(=O)N2CCC(CC(=O)O)CC2)cc(OCC)c1OCC. The first-order valence-corrected chi connectivity index (χ1v) is 9.57. The second-order valence-corrected chi connectivity index (χ2v) is 6.43. The van der Waals surface area contributed by atoms with E-state index in [1.165, 1.54) is 0 Å². The van der Waals surface area contributed by atoms with Crippen LogP contribution in [-0.2, 0) is 4.79 Å². The minimum absolute atomic E-state index is 0.103. The van der Waals surface area contributed by atoms with Gasteiger partial charge in [-0.05, 0) is 51.7 Å². The van der Waals surface area contributed by atoms with Crippen LogP contribution in [0.2, 0.25) is 0 Å². The fourth-order valence-electron chi connectivity index (χ4n) is 3.28. The Morgan fingerprint density at radius 2 is 1.52 bits per heavy atom. The molecule has 0 saturated carbocycles. The molecule has 1 heterocycles. The number of likely N-dealkylation sites (tertiary alicyclic amines) is 1. The lowest BCUT2D eigenvalue weighted by molar-refractivity contribution is -0.138. The molecule has 1 aliphatic rings. The Morgan fingerprint density at radius 3 is 1.96 bits per heavy atom. The van der Waals surface area contributed by atoms with Gasteiger partial charge in [0.25, 0.3) is 5.91 Å². The highest BCUT2D eigenvalue weighted by Crippen LogP contribution is 2.39. The third-order valence-electron chi connectivity index (χ3n) is 4.52. The molecule has 150 valence electrons. The largest absolute Gasteiger partial charge is 0.490 e. The monoisotopic (exact) mass is 379 g/mol. The average molecular weight is 379 g/mol. The van der Waals surface area contributed by atoms with Gasteiger partial charge in [-0.2, -0.15) is 0 Å². The van der Waals surface area contributed by atoms with Crippen LogP contribution in [0, 0.1) is 5.92 Å². The third-order valence-corrected chi connectivity index (χ3v) is 4.52. The number of aliphatic carboxylic acids is 1. The van der Waals surface area contributed by atoms with E-state index in [0.717, 1.165) is 0 Å². The van der Waals surface area contributed by atoms with Crippen molar-refractivity contribution in [3.05, 3.63) is 17.7 Å². The number of carbonyl (C=O) groups is 2. The van der Waals surface area contributed by atoms with Crippen LogP contribution in [-0.4, -0.2) is 54.8 Å². The summed E-state index contributed by atoms with van der Waals surface area (Å²) in [5.41, 5.74) is 0.488. The van der Waals surface area contributed by atoms with Crippen LogP contribution < -0.4 is 14.2 Å². The third kappa shape index (κ3) is 5.52. The highest BCUT2D eigenvalue weighted by Gasteiger charge is 2.27. The van der Waals surface area contributed by atoms with Gasteiger partial charge < -0.3 is 24.2 Å². The van der Waals surface area contributed by atoms with Gasteiger partial charge in [-0.15, -0.1) is 0 Å². The van der Waals surface area contributed by atoms with Gasteiger partial charge in [-0.3, -0.25) is 9.59 Å². The van der Waals surface area contributed by atoms with E-state index in [-0.39, 0.29) is 18.2 Å². The maximum atomic E-state index is 13.0. The lowest BCUT2D eigenvalue weighted by atomic mass is 9.93. The van der Waals surface area contributed by atoms with Gasteiger partial charge in [0.15, 0.2) is 11.5 Å². The molecular weight excluding hydrogens is 350 g/mol. The summed E-state index contributed by atoms with van der Waals surface area (Å²) in [5, 5.41) is 8.93. The molecule has 1 aliphatic heterocycles. The van der Waals surface area contributed by atoms with Gasteiger partial charge >= 0.3 is 5.97 Å². The molecule has 1 aromatic carbocycles. The van der Waals surface area contributed by atoms with Gasteiger partial charge in [-0.25, -0.2) is 0 Å². The van der Waals surface area contributed by atoms with Gasteiger partial charge in [0, 0.05) is 25.1 Å². The second kappa shape index (κ2) is 10.0. The highest BCUT2D eigenvalue weighted by molar-refractivity contribution is 5.95. The molecule has 1 saturated heterocycles. The number of nitrogens with zero attached hydrogens (tertiary/aromatic N) is 1. The first-order valence-electron chi connectivity index (χ1n) is 9.57. The van der Waals surface area contributed by atoms with Crippen LogP contribution in [0.1, 0.15) is 50.4 Å². The van der Waals surface area contributed by atoms with Gasteiger partial charge in [0.05, 0.1) is 19.8 Å². The molecule has 1 aromatic rings. The van der Waals surface area contributed by atoms with Crippen LogP contribution >= 0.6 is 0 Å². The molecule has 0 aromatic heterocycles. The molecule has 0 spiro atoms. The number of ether oxygens (including phenoxy) is 3.